The highest BCUT2D eigenvalue weighted by molar-refractivity contribution is 6.34. The van der Waals surface area contributed by atoms with E-state index in [2.05, 4.69) is 0 Å². The number of halogens is 2. The van der Waals surface area contributed by atoms with Gasteiger partial charge in [0.2, 0.25) is 0 Å². The number of carbonyl (C=O) groups is 1. The van der Waals surface area contributed by atoms with Crippen LogP contribution in [0.3, 0.4) is 0 Å². The lowest BCUT2D eigenvalue weighted by molar-refractivity contribution is 0.0139. The van der Waals surface area contributed by atoms with Gasteiger partial charge in [-0.25, -0.2) is 4.39 Å². The summed E-state index contributed by atoms with van der Waals surface area (Å²) in [6.45, 7) is 0.880. The molecule has 1 aliphatic heterocycles. The molecule has 1 saturated heterocycles. The monoisotopic (exact) mass is 300 g/mol. The summed E-state index contributed by atoms with van der Waals surface area (Å²) >= 11 is 5.88. The molecule has 1 amide bonds. The molecule has 0 bridgehead atoms. The predicted octanol–water partition coefficient (Wildman–Crippen LogP) is 2.06. The van der Waals surface area contributed by atoms with Gasteiger partial charge in [0.15, 0.2) is 0 Å². The van der Waals surface area contributed by atoms with Crippen LogP contribution in [0.5, 0.6) is 0 Å². The molecule has 0 spiro atoms. The zero-order valence-corrected chi connectivity index (χ0v) is 12.1. The summed E-state index contributed by atoms with van der Waals surface area (Å²) in [5, 5.41) is -0.137. The fraction of sp³-hybridized carbons (Fsp3) is 0.500. The van der Waals surface area contributed by atoms with Crippen LogP contribution in [0.25, 0.3) is 0 Å². The zero-order valence-electron chi connectivity index (χ0n) is 11.3. The first-order chi connectivity index (χ1) is 9.58. The van der Waals surface area contributed by atoms with Crippen LogP contribution in [-0.2, 0) is 4.74 Å². The van der Waals surface area contributed by atoms with Gasteiger partial charge in [0.25, 0.3) is 5.91 Å². The van der Waals surface area contributed by atoms with Crippen molar-refractivity contribution in [1.29, 1.82) is 0 Å². The summed E-state index contributed by atoms with van der Waals surface area (Å²) in [6.07, 6.45) is 1.53. The van der Waals surface area contributed by atoms with Crippen LogP contribution >= 0.6 is 11.6 Å². The molecule has 0 radical (unpaired) electrons. The first-order valence-electron chi connectivity index (χ1n) is 6.56. The molecule has 1 aromatic rings. The summed E-state index contributed by atoms with van der Waals surface area (Å²) in [4.78, 5) is 14.2. The Morgan fingerprint density at radius 2 is 2.35 bits per heavy atom. The minimum Gasteiger partial charge on any atom is -0.381 e. The molecule has 0 aliphatic carbocycles. The van der Waals surface area contributed by atoms with Gasteiger partial charge in [-0.2, -0.15) is 0 Å². The molecule has 110 valence electrons. The second kappa shape index (κ2) is 6.52. The van der Waals surface area contributed by atoms with E-state index in [0.717, 1.165) is 6.42 Å². The number of hydrogen-bond acceptors (Lipinski definition) is 3. The number of rotatable bonds is 3. The maximum atomic E-state index is 13.5. The SMILES string of the molecule is COC1CCN(C(=O)c2cccc(F)c2Cl)C(CN)C1. The van der Waals surface area contributed by atoms with E-state index in [4.69, 9.17) is 22.1 Å². The molecule has 20 heavy (non-hydrogen) atoms. The van der Waals surface area contributed by atoms with E-state index in [1.807, 2.05) is 0 Å². The van der Waals surface area contributed by atoms with Gasteiger partial charge in [-0.05, 0) is 25.0 Å². The van der Waals surface area contributed by atoms with Crippen LogP contribution in [0, 0.1) is 5.82 Å². The van der Waals surface area contributed by atoms with Crippen molar-refractivity contribution in [3.8, 4) is 0 Å². The van der Waals surface area contributed by atoms with E-state index in [9.17, 15) is 9.18 Å². The van der Waals surface area contributed by atoms with Crippen LogP contribution in [0.15, 0.2) is 18.2 Å². The third-order valence-electron chi connectivity index (χ3n) is 3.72. The van der Waals surface area contributed by atoms with Crippen molar-refractivity contribution in [3.05, 3.63) is 34.6 Å². The van der Waals surface area contributed by atoms with Gasteiger partial charge in [0.05, 0.1) is 16.7 Å². The summed E-state index contributed by atoms with van der Waals surface area (Å²) < 4.78 is 18.8. The average Bonchev–Trinajstić information content (AvgIpc) is 2.48. The number of likely N-dealkylation sites (tertiary alicyclic amines) is 1. The van der Waals surface area contributed by atoms with Gasteiger partial charge in [0.1, 0.15) is 5.82 Å². The number of methoxy groups -OCH3 is 1. The van der Waals surface area contributed by atoms with Crippen LogP contribution in [-0.4, -0.2) is 43.2 Å². The Morgan fingerprint density at radius 3 is 3.00 bits per heavy atom. The van der Waals surface area contributed by atoms with Crippen molar-refractivity contribution < 1.29 is 13.9 Å². The summed E-state index contributed by atoms with van der Waals surface area (Å²) in [5.41, 5.74) is 5.92. The summed E-state index contributed by atoms with van der Waals surface area (Å²) in [5.74, 6) is -0.868. The first kappa shape index (κ1) is 15.2. The lowest BCUT2D eigenvalue weighted by Gasteiger charge is -2.38. The Balaban J connectivity index is 2.22. The fourth-order valence-electron chi connectivity index (χ4n) is 2.54. The molecule has 1 aliphatic rings. The Hall–Kier alpha value is -1.17. The number of nitrogens with zero attached hydrogens (tertiary/aromatic N) is 1. The molecule has 4 nitrogen and oxygen atoms in total. The van der Waals surface area contributed by atoms with Gasteiger partial charge >= 0.3 is 0 Å². The van der Waals surface area contributed by atoms with Crippen LogP contribution in [0.1, 0.15) is 23.2 Å². The van der Waals surface area contributed by atoms with Crippen molar-refractivity contribution in [1.82, 2.24) is 4.90 Å². The molecule has 0 aromatic heterocycles. The van der Waals surface area contributed by atoms with Crippen LogP contribution in [0.2, 0.25) is 5.02 Å². The van der Waals surface area contributed by atoms with Crippen molar-refractivity contribution in [2.45, 2.75) is 25.0 Å². The van der Waals surface area contributed by atoms with Gasteiger partial charge in [-0.1, -0.05) is 17.7 Å². The Labute approximate surface area is 122 Å². The normalized spacial score (nSPS) is 22.9. The summed E-state index contributed by atoms with van der Waals surface area (Å²) in [6, 6.07) is 4.13. The Morgan fingerprint density at radius 1 is 1.60 bits per heavy atom. The predicted molar refractivity (Wildman–Crippen MR) is 75.3 cm³/mol. The molecule has 1 aromatic carbocycles. The molecule has 2 N–H and O–H groups in total. The largest absolute Gasteiger partial charge is 0.381 e. The molecule has 2 unspecified atom stereocenters. The second-order valence-corrected chi connectivity index (χ2v) is 5.25. The molecular formula is C14H18ClFN2O2. The van der Waals surface area contributed by atoms with Crippen LogP contribution in [0.4, 0.5) is 4.39 Å². The van der Waals surface area contributed by atoms with E-state index in [1.165, 1.54) is 18.2 Å². The van der Waals surface area contributed by atoms with E-state index in [0.29, 0.717) is 19.5 Å². The van der Waals surface area contributed by atoms with Gasteiger partial charge < -0.3 is 15.4 Å². The number of nitrogens with two attached hydrogens (primary N) is 1. The van der Waals surface area contributed by atoms with Crippen molar-refractivity contribution in [3.63, 3.8) is 0 Å². The standard InChI is InChI=1S/C14H18ClFN2O2/c1-20-10-5-6-18(9(7-10)8-17)14(19)11-3-2-4-12(16)13(11)15/h2-4,9-10H,5-8,17H2,1H3. The fourth-order valence-corrected chi connectivity index (χ4v) is 2.75. The Bertz CT molecular complexity index is 498. The first-order valence-corrected chi connectivity index (χ1v) is 6.94. The van der Waals surface area contributed by atoms with E-state index in [1.54, 1.807) is 12.0 Å². The third kappa shape index (κ3) is 2.95. The molecule has 2 atom stereocenters. The topological polar surface area (TPSA) is 55.6 Å². The number of benzene rings is 1. The number of carbonyl (C=O) groups excluding carboxylic acids is 1. The molecule has 0 saturated carbocycles. The van der Waals surface area contributed by atoms with E-state index in [-0.39, 0.29) is 28.6 Å². The number of piperidine rings is 1. The van der Waals surface area contributed by atoms with E-state index < -0.39 is 5.82 Å². The second-order valence-electron chi connectivity index (χ2n) is 4.87. The smallest absolute Gasteiger partial charge is 0.255 e. The van der Waals surface area contributed by atoms with Crippen molar-refractivity contribution >= 4 is 17.5 Å². The minimum absolute atomic E-state index is 0.107. The molecule has 2 rings (SSSR count). The molecule has 1 heterocycles. The Kier molecular flexibility index (Phi) is 4.96. The quantitative estimate of drug-likeness (QED) is 0.929. The van der Waals surface area contributed by atoms with Crippen molar-refractivity contribution in [2.24, 2.45) is 5.73 Å². The lowest BCUT2D eigenvalue weighted by Crippen LogP contribution is -2.51. The molecular weight excluding hydrogens is 283 g/mol. The van der Waals surface area contributed by atoms with Crippen LogP contribution < -0.4 is 5.73 Å². The molecule has 6 heteroatoms. The highest BCUT2D eigenvalue weighted by atomic mass is 35.5. The maximum Gasteiger partial charge on any atom is 0.255 e. The van der Waals surface area contributed by atoms with Gasteiger partial charge in [-0.3, -0.25) is 4.79 Å². The number of hydrogen-bond donors (Lipinski definition) is 1. The van der Waals surface area contributed by atoms with Crippen molar-refractivity contribution in [2.75, 3.05) is 20.2 Å². The third-order valence-corrected chi connectivity index (χ3v) is 4.10. The zero-order chi connectivity index (χ0) is 14.7. The van der Waals surface area contributed by atoms with Gasteiger partial charge in [-0.15, -0.1) is 0 Å². The maximum absolute atomic E-state index is 13.5. The molecule has 1 fully saturated rings. The minimum atomic E-state index is -0.589. The summed E-state index contributed by atoms with van der Waals surface area (Å²) in [7, 11) is 1.65. The highest BCUT2D eigenvalue weighted by Crippen LogP contribution is 2.25. The van der Waals surface area contributed by atoms with E-state index >= 15 is 0 Å². The highest BCUT2D eigenvalue weighted by Gasteiger charge is 2.32. The lowest BCUT2D eigenvalue weighted by atomic mass is 9.98. The number of amides is 1. The number of ether oxygens (including phenoxy) is 1. The van der Waals surface area contributed by atoms with Gasteiger partial charge in [0, 0.05) is 26.2 Å². The average molecular weight is 301 g/mol.